The summed E-state index contributed by atoms with van der Waals surface area (Å²) in [5.41, 5.74) is 2.35. The minimum absolute atomic E-state index is 0.0445. The summed E-state index contributed by atoms with van der Waals surface area (Å²) in [6, 6.07) is 15.9. The van der Waals surface area contributed by atoms with Crippen LogP contribution >= 0.6 is 11.8 Å². The van der Waals surface area contributed by atoms with Crippen molar-refractivity contribution in [2.24, 2.45) is 0 Å². The van der Waals surface area contributed by atoms with Crippen LogP contribution < -0.4 is 16.2 Å². The molecule has 0 atom stereocenters. The number of carbonyl (C=O) groups excluding carboxylic acids is 2. The molecule has 2 aromatic carbocycles. The second-order valence-corrected chi connectivity index (χ2v) is 9.18. The van der Waals surface area contributed by atoms with E-state index in [-0.39, 0.29) is 29.7 Å². The van der Waals surface area contributed by atoms with E-state index in [4.69, 9.17) is 9.15 Å². The molecule has 10 heteroatoms. The molecule has 37 heavy (non-hydrogen) atoms. The predicted octanol–water partition coefficient (Wildman–Crippen LogP) is 3.71. The topological polar surface area (TPSA) is 115 Å². The molecule has 0 bridgehead atoms. The number of rotatable bonds is 11. The number of aromatic nitrogens is 2. The number of methoxy groups -OCH3 is 1. The van der Waals surface area contributed by atoms with Crippen LogP contribution in [0.2, 0.25) is 0 Å². The molecule has 0 saturated carbocycles. The van der Waals surface area contributed by atoms with Crippen molar-refractivity contribution in [3.8, 4) is 0 Å². The van der Waals surface area contributed by atoms with Crippen molar-refractivity contribution in [1.29, 1.82) is 0 Å². The molecule has 2 heterocycles. The van der Waals surface area contributed by atoms with Gasteiger partial charge in [0.25, 0.3) is 11.5 Å². The Morgan fingerprint density at radius 3 is 2.65 bits per heavy atom. The zero-order valence-corrected chi connectivity index (χ0v) is 21.5. The highest BCUT2D eigenvalue weighted by atomic mass is 32.2. The van der Waals surface area contributed by atoms with Gasteiger partial charge in [0.2, 0.25) is 5.91 Å². The summed E-state index contributed by atoms with van der Waals surface area (Å²) in [6.45, 7) is 2.99. The summed E-state index contributed by atoms with van der Waals surface area (Å²) >= 11 is 1.15. The quantitative estimate of drug-likeness (QED) is 0.176. The first-order valence-electron chi connectivity index (χ1n) is 11.8. The molecular weight excluding hydrogens is 492 g/mol. The highest BCUT2D eigenvalue weighted by Crippen LogP contribution is 2.21. The lowest BCUT2D eigenvalue weighted by Crippen LogP contribution is -2.27. The van der Waals surface area contributed by atoms with E-state index in [0.717, 1.165) is 18.2 Å². The Labute approximate surface area is 218 Å². The molecular formula is C27H28N4O5S. The molecule has 192 valence electrons. The average Bonchev–Trinajstić information content (AvgIpc) is 3.43. The first-order chi connectivity index (χ1) is 18.0. The third-order valence-electron chi connectivity index (χ3n) is 5.65. The molecule has 2 aromatic heterocycles. The molecule has 0 fully saturated rings. The van der Waals surface area contributed by atoms with E-state index in [1.165, 1.54) is 16.4 Å². The fourth-order valence-corrected chi connectivity index (χ4v) is 4.47. The number of nitrogens with zero attached hydrogens (tertiary/aromatic N) is 2. The van der Waals surface area contributed by atoms with Gasteiger partial charge in [-0.15, -0.1) is 0 Å². The van der Waals surface area contributed by atoms with Crippen molar-refractivity contribution in [1.82, 2.24) is 14.9 Å². The largest absolute Gasteiger partial charge is 0.467 e. The Hall–Kier alpha value is -3.89. The summed E-state index contributed by atoms with van der Waals surface area (Å²) in [4.78, 5) is 43.2. The SMILES string of the molecule is CCc1ccc(NC(=O)CSc2nc3cc(C(=O)NCCOC)ccc3c(=O)n2Cc2ccco2)cc1. The minimum atomic E-state index is -0.289. The van der Waals surface area contributed by atoms with Crippen molar-refractivity contribution >= 4 is 40.2 Å². The fraction of sp³-hybridized carbons (Fsp3) is 0.259. The van der Waals surface area contributed by atoms with Crippen molar-refractivity contribution in [3.63, 3.8) is 0 Å². The van der Waals surface area contributed by atoms with Crippen molar-refractivity contribution in [2.75, 3.05) is 31.3 Å². The summed E-state index contributed by atoms with van der Waals surface area (Å²) in [5, 5.41) is 6.35. The molecule has 2 amide bonds. The lowest BCUT2D eigenvalue weighted by Gasteiger charge is -2.13. The first kappa shape index (κ1) is 26.2. The van der Waals surface area contributed by atoms with Crippen LogP contribution in [0.1, 0.15) is 28.6 Å². The summed E-state index contributed by atoms with van der Waals surface area (Å²) < 4.78 is 11.9. The van der Waals surface area contributed by atoms with Gasteiger partial charge in [-0.05, 0) is 54.4 Å². The molecule has 0 aliphatic rings. The lowest BCUT2D eigenvalue weighted by molar-refractivity contribution is -0.113. The number of carbonyl (C=O) groups is 2. The molecule has 4 aromatic rings. The van der Waals surface area contributed by atoms with Gasteiger partial charge >= 0.3 is 0 Å². The molecule has 2 N–H and O–H groups in total. The zero-order valence-electron chi connectivity index (χ0n) is 20.7. The molecule has 9 nitrogen and oxygen atoms in total. The van der Waals surface area contributed by atoms with Gasteiger partial charge in [0, 0.05) is 24.9 Å². The van der Waals surface area contributed by atoms with Crippen molar-refractivity contribution in [3.05, 3.63) is 88.1 Å². The molecule has 0 saturated heterocycles. The number of hydrogen-bond donors (Lipinski definition) is 2. The minimum Gasteiger partial charge on any atom is -0.467 e. The number of nitrogens with one attached hydrogen (secondary N) is 2. The van der Waals surface area contributed by atoms with Gasteiger partial charge < -0.3 is 19.8 Å². The molecule has 0 spiro atoms. The Bertz CT molecular complexity index is 1430. The maximum atomic E-state index is 13.4. The smallest absolute Gasteiger partial charge is 0.262 e. The van der Waals surface area contributed by atoms with Crippen LogP contribution in [-0.4, -0.2) is 47.4 Å². The van der Waals surface area contributed by atoms with Crippen LogP contribution in [0, 0.1) is 0 Å². The second kappa shape index (κ2) is 12.4. The van der Waals surface area contributed by atoms with Crippen LogP contribution in [0.4, 0.5) is 5.69 Å². The number of amides is 2. The van der Waals surface area contributed by atoms with Crippen LogP contribution in [0.3, 0.4) is 0 Å². The summed E-state index contributed by atoms with van der Waals surface area (Å²) in [7, 11) is 1.56. The molecule has 0 unspecified atom stereocenters. The Morgan fingerprint density at radius 2 is 1.95 bits per heavy atom. The van der Waals surface area contributed by atoms with E-state index in [9.17, 15) is 14.4 Å². The zero-order chi connectivity index (χ0) is 26.2. The maximum Gasteiger partial charge on any atom is 0.262 e. The van der Waals surface area contributed by atoms with Gasteiger partial charge in [-0.25, -0.2) is 4.98 Å². The number of hydrogen-bond acceptors (Lipinski definition) is 7. The Balaban J connectivity index is 1.59. The van der Waals surface area contributed by atoms with Crippen LogP contribution in [-0.2, 0) is 22.5 Å². The normalized spacial score (nSPS) is 11.0. The summed E-state index contributed by atoms with van der Waals surface area (Å²) in [5.74, 6) is 0.116. The monoisotopic (exact) mass is 520 g/mol. The number of furan rings is 1. The van der Waals surface area contributed by atoms with Crippen LogP contribution in [0.15, 0.2) is 75.2 Å². The molecule has 0 aliphatic carbocycles. The number of fused-ring (bicyclic) bond motifs is 1. The van der Waals surface area contributed by atoms with Gasteiger partial charge in [-0.1, -0.05) is 30.8 Å². The van der Waals surface area contributed by atoms with Crippen molar-refractivity contribution in [2.45, 2.75) is 25.0 Å². The van der Waals surface area contributed by atoms with Crippen molar-refractivity contribution < 1.29 is 18.7 Å². The maximum absolute atomic E-state index is 13.4. The second-order valence-electron chi connectivity index (χ2n) is 8.23. The highest BCUT2D eigenvalue weighted by Gasteiger charge is 2.16. The fourth-order valence-electron chi connectivity index (χ4n) is 3.67. The molecule has 0 aliphatic heterocycles. The lowest BCUT2D eigenvalue weighted by atomic mass is 10.1. The van der Waals surface area contributed by atoms with Crippen LogP contribution in [0.5, 0.6) is 0 Å². The van der Waals surface area contributed by atoms with Crippen LogP contribution in [0.25, 0.3) is 10.9 Å². The van der Waals surface area contributed by atoms with E-state index in [2.05, 4.69) is 22.5 Å². The highest BCUT2D eigenvalue weighted by molar-refractivity contribution is 7.99. The number of thioether (sulfide) groups is 1. The number of ether oxygens (including phenoxy) is 1. The summed E-state index contributed by atoms with van der Waals surface area (Å²) in [6.07, 6.45) is 2.45. The predicted molar refractivity (Wildman–Crippen MR) is 143 cm³/mol. The van der Waals surface area contributed by atoms with E-state index in [1.54, 1.807) is 37.4 Å². The van der Waals surface area contributed by atoms with Gasteiger partial charge in [0.1, 0.15) is 5.76 Å². The van der Waals surface area contributed by atoms with Gasteiger partial charge in [-0.3, -0.25) is 19.0 Å². The third kappa shape index (κ3) is 6.66. The average molecular weight is 521 g/mol. The van der Waals surface area contributed by atoms with E-state index in [0.29, 0.717) is 46.2 Å². The molecule has 4 rings (SSSR count). The van der Waals surface area contributed by atoms with E-state index >= 15 is 0 Å². The Kier molecular flexibility index (Phi) is 8.76. The third-order valence-corrected chi connectivity index (χ3v) is 6.62. The number of aryl methyl sites for hydroxylation is 1. The number of benzene rings is 2. The Morgan fingerprint density at radius 1 is 1.14 bits per heavy atom. The number of anilines is 1. The van der Waals surface area contributed by atoms with E-state index in [1.807, 2.05) is 24.3 Å². The standard InChI is InChI=1S/C27H28N4O5S/c1-3-18-6-9-20(10-7-18)29-24(32)17-37-27-30-23-15-19(25(33)28-12-14-35-2)8-11-22(23)26(34)31(27)16-21-5-4-13-36-21/h4-11,13,15H,3,12,14,16-17H2,1-2H3,(H,28,33)(H,29,32). The van der Waals surface area contributed by atoms with E-state index < -0.39 is 0 Å². The van der Waals surface area contributed by atoms with Gasteiger partial charge in [0.05, 0.1) is 36.1 Å². The van der Waals surface area contributed by atoms with Gasteiger partial charge in [-0.2, -0.15) is 0 Å². The molecule has 0 radical (unpaired) electrons. The first-order valence-corrected chi connectivity index (χ1v) is 12.8. The van der Waals surface area contributed by atoms with Gasteiger partial charge in [0.15, 0.2) is 5.16 Å².